The van der Waals surface area contributed by atoms with Gasteiger partial charge in [0.15, 0.2) is 0 Å². The van der Waals surface area contributed by atoms with E-state index >= 15 is 0 Å². The number of nitrogens with zero attached hydrogens (tertiary/aromatic N) is 1. The molecule has 4 rings (SSSR count). The predicted molar refractivity (Wildman–Crippen MR) is 101 cm³/mol. The highest BCUT2D eigenvalue weighted by molar-refractivity contribution is 7.89. The number of benzene rings is 2. The van der Waals surface area contributed by atoms with Gasteiger partial charge in [0.25, 0.3) is 0 Å². The number of fused-ring (bicyclic) bond motifs is 1. The number of nitrogens with two attached hydrogens (primary N) is 1. The molecule has 1 fully saturated rings. The molecule has 2 aliphatic rings. The maximum Gasteiger partial charge on any atom is 0.238 e. The first kappa shape index (κ1) is 17.8. The van der Waals surface area contributed by atoms with E-state index in [-0.39, 0.29) is 17.0 Å². The Morgan fingerprint density at radius 2 is 1.77 bits per heavy atom. The quantitative estimate of drug-likeness (QED) is 0.867. The zero-order chi connectivity index (χ0) is 18.3. The minimum absolute atomic E-state index is 0.0795. The average molecular weight is 393 g/mol. The van der Waals surface area contributed by atoms with E-state index in [4.69, 9.17) is 21.5 Å². The van der Waals surface area contributed by atoms with Crippen molar-refractivity contribution >= 4 is 21.6 Å². The van der Waals surface area contributed by atoms with Crippen molar-refractivity contribution in [3.8, 4) is 5.75 Å². The lowest BCUT2D eigenvalue weighted by Crippen LogP contribution is -2.38. The lowest BCUT2D eigenvalue weighted by atomic mass is 10.1. The number of sulfonamides is 1. The van der Waals surface area contributed by atoms with Gasteiger partial charge in [0.1, 0.15) is 11.9 Å². The van der Waals surface area contributed by atoms with Gasteiger partial charge in [-0.25, -0.2) is 13.6 Å². The van der Waals surface area contributed by atoms with Gasteiger partial charge in [-0.3, -0.25) is 4.90 Å². The molecule has 0 unspecified atom stereocenters. The van der Waals surface area contributed by atoms with Gasteiger partial charge < -0.3 is 4.74 Å². The topological polar surface area (TPSA) is 72.6 Å². The Bertz CT molecular complexity index is 909. The smallest absolute Gasteiger partial charge is 0.238 e. The molecule has 0 saturated carbocycles. The summed E-state index contributed by atoms with van der Waals surface area (Å²) in [5, 5.41) is 5.95. The lowest BCUT2D eigenvalue weighted by Gasteiger charge is -2.30. The first-order chi connectivity index (χ1) is 12.4. The Kier molecular flexibility index (Phi) is 4.69. The average Bonchev–Trinajstić information content (AvgIpc) is 3.24. The van der Waals surface area contributed by atoms with Gasteiger partial charge >= 0.3 is 0 Å². The molecule has 1 aliphatic heterocycles. The standard InChI is InChI=1S/C19H21ClN2O3S/c20-17-5-3-4-15-16(17)12-18(22-10-1-2-11-22)19(15)25-13-6-8-14(9-7-13)26(21,23)24/h3-9,18-19H,1-2,10-12H2,(H2,21,23,24)/t18-,19-/m0/s1. The van der Waals surface area contributed by atoms with Crippen molar-refractivity contribution in [1.82, 2.24) is 4.90 Å². The second kappa shape index (κ2) is 6.85. The van der Waals surface area contributed by atoms with E-state index in [1.807, 2.05) is 12.1 Å². The second-order valence-electron chi connectivity index (χ2n) is 6.88. The fourth-order valence-corrected chi connectivity index (χ4v) is 4.75. The van der Waals surface area contributed by atoms with Crippen molar-refractivity contribution < 1.29 is 13.2 Å². The summed E-state index contributed by atoms with van der Waals surface area (Å²) in [5.41, 5.74) is 2.27. The molecule has 2 aromatic carbocycles. The third kappa shape index (κ3) is 3.34. The Balaban J connectivity index is 1.64. The first-order valence-corrected chi connectivity index (χ1v) is 10.7. The molecular weight excluding hydrogens is 372 g/mol. The summed E-state index contributed by atoms with van der Waals surface area (Å²) in [6, 6.07) is 12.4. The van der Waals surface area contributed by atoms with Gasteiger partial charge in [-0.1, -0.05) is 23.7 Å². The summed E-state index contributed by atoms with van der Waals surface area (Å²) in [5.74, 6) is 0.624. The van der Waals surface area contributed by atoms with Crippen LogP contribution in [0, 0.1) is 0 Å². The summed E-state index contributed by atoms with van der Waals surface area (Å²) in [7, 11) is -3.71. The van der Waals surface area contributed by atoms with E-state index in [9.17, 15) is 8.42 Å². The lowest BCUT2D eigenvalue weighted by molar-refractivity contribution is 0.0941. The molecule has 0 spiro atoms. The van der Waals surface area contributed by atoms with E-state index in [1.54, 1.807) is 12.1 Å². The van der Waals surface area contributed by atoms with Crippen LogP contribution >= 0.6 is 11.6 Å². The third-order valence-electron chi connectivity index (χ3n) is 5.25. The van der Waals surface area contributed by atoms with Gasteiger partial charge in [0.05, 0.1) is 10.9 Å². The summed E-state index contributed by atoms with van der Waals surface area (Å²) in [6.45, 7) is 2.14. The maximum atomic E-state index is 11.4. The van der Waals surface area contributed by atoms with Crippen LogP contribution in [0.15, 0.2) is 47.4 Å². The van der Waals surface area contributed by atoms with Crippen molar-refractivity contribution in [2.75, 3.05) is 13.1 Å². The molecule has 2 atom stereocenters. The normalized spacial score (nSPS) is 23.2. The Morgan fingerprint density at radius 3 is 2.42 bits per heavy atom. The molecule has 0 radical (unpaired) electrons. The SMILES string of the molecule is NS(=O)(=O)c1ccc(O[C@H]2c3cccc(Cl)c3C[C@@H]2N2CCCC2)cc1. The molecule has 1 heterocycles. The van der Waals surface area contributed by atoms with Crippen molar-refractivity contribution in [2.45, 2.75) is 36.3 Å². The van der Waals surface area contributed by atoms with Crippen LogP contribution in [-0.2, 0) is 16.4 Å². The van der Waals surface area contributed by atoms with Gasteiger partial charge in [0.2, 0.25) is 10.0 Å². The Hall–Kier alpha value is -1.60. The van der Waals surface area contributed by atoms with Crippen LogP contribution in [-0.4, -0.2) is 32.4 Å². The summed E-state index contributed by atoms with van der Waals surface area (Å²) in [6.07, 6.45) is 3.16. The van der Waals surface area contributed by atoms with Crippen LogP contribution in [0.2, 0.25) is 5.02 Å². The van der Waals surface area contributed by atoms with Crippen molar-refractivity contribution in [1.29, 1.82) is 0 Å². The second-order valence-corrected chi connectivity index (χ2v) is 8.85. The third-order valence-corrected chi connectivity index (χ3v) is 6.53. The zero-order valence-electron chi connectivity index (χ0n) is 14.3. The van der Waals surface area contributed by atoms with E-state index in [1.165, 1.54) is 25.0 Å². The van der Waals surface area contributed by atoms with E-state index < -0.39 is 10.0 Å². The number of primary sulfonamides is 1. The molecular formula is C19H21ClN2O3S. The molecule has 2 aromatic rings. The minimum atomic E-state index is -3.71. The van der Waals surface area contributed by atoms with Crippen molar-refractivity contribution in [3.05, 3.63) is 58.6 Å². The number of ether oxygens (including phenoxy) is 1. The van der Waals surface area contributed by atoms with Gasteiger partial charge in [-0.2, -0.15) is 0 Å². The van der Waals surface area contributed by atoms with E-state index in [0.29, 0.717) is 5.75 Å². The van der Waals surface area contributed by atoms with Crippen LogP contribution in [0.25, 0.3) is 0 Å². The Labute approximate surface area is 158 Å². The largest absolute Gasteiger partial charge is 0.484 e. The molecule has 7 heteroatoms. The predicted octanol–water partition coefficient (Wildman–Crippen LogP) is 3.13. The highest BCUT2D eigenvalue weighted by atomic mass is 35.5. The monoisotopic (exact) mass is 392 g/mol. The van der Waals surface area contributed by atoms with Crippen LogP contribution in [0.4, 0.5) is 0 Å². The molecule has 138 valence electrons. The summed E-state index contributed by atoms with van der Waals surface area (Å²) >= 11 is 6.43. The molecule has 0 bridgehead atoms. The highest BCUT2D eigenvalue weighted by Crippen LogP contribution is 2.41. The number of rotatable bonds is 4. The van der Waals surface area contributed by atoms with Gasteiger partial charge in [-0.15, -0.1) is 0 Å². The molecule has 1 saturated heterocycles. The highest BCUT2D eigenvalue weighted by Gasteiger charge is 2.39. The fourth-order valence-electron chi connectivity index (χ4n) is 3.97. The van der Waals surface area contributed by atoms with Crippen LogP contribution < -0.4 is 9.88 Å². The summed E-state index contributed by atoms with van der Waals surface area (Å²) in [4.78, 5) is 2.55. The number of hydrogen-bond donors (Lipinski definition) is 1. The van der Waals surface area contributed by atoms with Crippen LogP contribution in [0.1, 0.15) is 30.1 Å². The molecule has 26 heavy (non-hydrogen) atoms. The first-order valence-electron chi connectivity index (χ1n) is 8.74. The van der Waals surface area contributed by atoms with Crippen molar-refractivity contribution in [3.63, 3.8) is 0 Å². The summed E-state index contributed by atoms with van der Waals surface area (Å²) < 4.78 is 29.2. The molecule has 0 amide bonds. The number of hydrogen-bond acceptors (Lipinski definition) is 4. The van der Waals surface area contributed by atoms with E-state index in [0.717, 1.165) is 35.7 Å². The minimum Gasteiger partial charge on any atom is -0.484 e. The molecule has 0 aromatic heterocycles. The van der Waals surface area contributed by atoms with Crippen molar-refractivity contribution in [2.24, 2.45) is 5.14 Å². The molecule has 1 aliphatic carbocycles. The Morgan fingerprint density at radius 1 is 1.08 bits per heavy atom. The molecule has 5 nitrogen and oxygen atoms in total. The zero-order valence-corrected chi connectivity index (χ0v) is 15.8. The van der Waals surface area contributed by atoms with Gasteiger partial charge in [-0.05, 0) is 73.8 Å². The number of likely N-dealkylation sites (tertiary alicyclic amines) is 1. The fraction of sp³-hybridized carbons (Fsp3) is 0.368. The maximum absolute atomic E-state index is 11.4. The van der Waals surface area contributed by atoms with E-state index in [2.05, 4.69) is 11.0 Å². The van der Waals surface area contributed by atoms with Gasteiger partial charge in [0, 0.05) is 5.02 Å². The number of halogens is 1. The molecule has 2 N–H and O–H groups in total. The van der Waals surface area contributed by atoms with Crippen LogP contribution in [0.3, 0.4) is 0 Å². The van der Waals surface area contributed by atoms with Crippen LogP contribution in [0.5, 0.6) is 5.75 Å².